The van der Waals surface area contributed by atoms with E-state index >= 15 is 0 Å². The summed E-state index contributed by atoms with van der Waals surface area (Å²) >= 11 is 1.88. The largest absolute Gasteiger partial charge is 0.454 e. The zero-order chi connectivity index (χ0) is 46.9. The van der Waals surface area contributed by atoms with Crippen LogP contribution in [-0.4, -0.2) is 0 Å². The van der Waals surface area contributed by atoms with Crippen molar-refractivity contribution in [3.8, 4) is 33.4 Å². The zero-order valence-electron chi connectivity index (χ0n) is 38.6. The van der Waals surface area contributed by atoms with E-state index in [9.17, 15) is 0 Å². The quantitative estimate of drug-likeness (QED) is 0.151. The molecule has 334 valence electrons. The predicted octanol–water partition coefficient (Wildman–Crippen LogP) is 18.7. The molecule has 14 rings (SSSR count). The maximum atomic E-state index is 7.04. The molecule has 71 heavy (non-hydrogen) atoms. The van der Waals surface area contributed by atoms with Crippen LogP contribution in [0.3, 0.4) is 0 Å². The van der Waals surface area contributed by atoms with Crippen molar-refractivity contribution >= 4 is 67.8 Å². The van der Waals surface area contributed by atoms with Gasteiger partial charge in [0.15, 0.2) is 5.58 Å². The highest BCUT2D eigenvalue weighted by Gasteiger charge is 2.50. The molecule has 0 radical (unpaired) electrons. The summed E-state index contributed by atoms with van der Waals surface area (Å²) in [6.45, 7) is 0. The van der Waals surface area contributed by atoms with E-state index in [1.165, 1.54) is 65.4 Å². The summed E-state index contributed by atoms with van der Waals surface area (Å²) < 4.78 is 7.04. The molecule has 0 atom stereocenters. The number of anilines is 6. The van der Waals surface area contributed by atoms with Crippen molar-refractivity contribution in [2.75, 3.05) is 9.80 Å². The molecule has 0 fully saturated rings. The van der Waals surface area contributed by atoms with Gasteiger partial charge in [-0.3, -0.25) is 0 Å². The first-order chi connectivity index (χ1) is 35.2. The van der Waals surface area contributed by atoms with Gasteiger partial charge in [0.1, 0.15) is 5.58 Å². The van der Waals surface area contributed by atoms with E-state index in [0.717, 1.165) is 56.1 Å². The number of benzene rings is 11. The van der Waals surface area contributed by atoms with E-state index in [1.807, 2.05) is 11.8 Å². The normalized spacial score (nSPS) is 12.8. The molecule has 0 bridgehead atoms. The highest BCUT2D eigenvalue weighted by atomic mass is 32.2. The number of nitrogens with zero attached hydrogens (tertiary/aromatic N) is 2. The molecule has 11 aromatic carbocycles. The minimum absolute atomic E-state index is 0.487. The Morgan fingerprint density at radius 3 is 1.42 bits per heavy atom. The van der Waals surface area contributed by atoms with Crippen LogP contribution >= 0.6 is 11.8 Å². The van der Waals surface area contributed by atoms with Gasteiger partial charge in [0.25, 0.3) is 0 Å². The highest BCUT2D eigenvalue weighted by Crippen LogP contribution is 2.64. The van der Waals surface area contributed by atoms with Gasteiger partial charge < -0.3 is 14.2 Å². The Balaban J connectivity index is 0.939. The monoisotopic (exact) mass is 924 g/mol. The molecule has 1 aliphatic carbocycles. The van der Waals surface area contributed by atoms with Crippen LogP contribution in [0.4, 0.5) is 34.1 Å². The van der Waals surface area contributed by atoms with E-state index in [0.29, 0.717) is 0 Å². The molecule has 0 saturated heterocycles. The summed E-state index contributed by atoms with van der Waals surface area (Å²) in [4.78, 5) is 7.28. The van der Waals surface area contributed by atoms with Crippen molar-refractivity contribution < 1.29 is 4.42 Å². The summed E-state index contributed by atoms with van der Waals surface area (Å²) in [5.41, 5.74) is 20.1. The number of furan rings is 1. The molecule has 12 aromatic rings. The van der Waals surface area contributed by atoms with E-state index in [1.54, 1.807) is 0 Å². The van der Waals surface area contributed by atoms with Crippen LogP contribution in [0.5, 0.6) is 0 Å². The lowest BCUT2D eigenvalue weighted by molar-refractivity contribution is 0.669. The summed E-state index contributed by atoms with van der Waals surface area (Å²) in [6, 6.07) is 96.9. The van der Waals surface area contributed by atoms with E-state index < -0.39 is 5.41 Å². The standard InChI is InChI=1S/C67H44N2OS/c1-4-18-45(19-5-1)47-34-38-50(39-35-47)68(51-40-36-48(37-41-51)46-20-6-2-7-21-46)61-31-16-26-55-56-44-52(42-43-63(56)70-65(55)61)69(49-22-8-3-9-23-49)62-32-17-30-60-66(62)71-64-33-15-14-29-59(64)67(60)57-27-12-10-24-53(57)54-25-11-13-28-58(54)67/h1-44H. The fraction of sp³-hybridized carbons (Fsp3) is 0.0149. The smallest absolute Gasteiger partial charge is 0.159 e. The van der Waals surface area contributed by atoms with Gasteiger partial charge in [-0.05, 0) is 128 Å². The number of para-hydroxylation sites is 2. The molecule has 0 saturated carbocycles. The zero-order valence-corrected chi connectivity index (χ0v) is 39.4. The fourth-order valence-electron chi connectivity index (χ4n) is 11.4. The summed E-state index contributed by atoms with van der Waals surface area (Å²) in [6.07, 6.45) is 0. The average molecular weight is 925 g/mol. The van der Waals surface area contributed by atoms with Crippen LogP contribution in [0.15, 0.2) is 281 Å². The van der Waals surface area contributed by atoms with Gasteiger partial charge in [-0.15, -0.1) is 0 Å². The summed E-state index contributed by atoms with van der Waals surface area (Å²) in [5.74, 6) is 0. The first-order valence-corrected chi connectivity index (χ1v) is 25.1. The SMILES string of the molecule is c1ccc(-c2ccc(N(c3ccc(-c4ccccc4)cc3)c3cccc4c3oc3ccc(N(c5ccccc5)c5cccc6c5Sc5ccccc5C65c6ccccc6-c6ccccc65)cc34)cc2)cc1. The van der Waals surface area contributed by atoms with Gasteiger partial charge >= 0.3 is 0 Å². The molecule has 1 aromatic heterocycles. The Morgan fingerprint density at radius 2 is 0.789 bits per heavy atom. The molecular weight excluding hydrogens is 881 g/mol. The second-order valence-corrected chi connectivity index (χ2v) is 19.4. The maximum Gasteiger partial charge on any atom is 0.159 e. The number of rotatable bonds is 8. The van der Waals surface area contributed by atoms with Crippen molar-refractivity contribution in [2.24, 2.45) is 0 Å². The molecule has 1 spiro atoms. The van der Waals surface area contributed by atoms with E-state index in [2.05, 4.69) is 277 Å². The van der Waals surface area contributed by atoms with Crippen LogP contribution in [0.1, 0.15) is 22.3 Å². The van der Waals surface area contributed by atoms with Crippen LogP contribution in [0.2, 0.25) is 0 Å². The number of hydrogen-bond donors (Lipinski definition) is 0. The predicted molar refractivity (Wildman–Crippen MR) is 295 cm³/mol. The Kier molecular flexibility index (Phi) is 9.68. The molecule has 4 heteroatoms. The van der Waals surface area contributed by atoms with Crippen LogP contribution in [0.25, 0.3) is 55.3 Å². The third kappa shape index (κ3) is 6.52. The Labute approximate surface area is 417 Å². The van der Waals surface area contributed by atoms with E-state index in [-0.39, 0.29) is 0 Å². The van der Waals surface area contributed by atoms with Crippen molar-refractivity contribution in [3.05, 3.63) is 289 Å². The molecule has 2 aliphatic rings. The second-order valence-electron chi connectivity index (χ2n) is 18.4. The minimum atomic E-state index is -0.487. The van der Waals surface area contributed by atoms with Crippen LogP contribution < -0.4 is 9.80 Å². The van der Waals surface area contributed by atoms with Crippen molar-refractivity contribution in [2.45, 2.75) is 15.2 Å². The van der Waals surface area contributed by atoms with Crippen LogP contribution in [-0.2, 0) is 5.41 Å². The van der Waals surface area contributed by atoms with Gasteiger partial charge in [0.2, 0.25) is 0 Å². The van der Waals surface area contributed by atoms with Crippen LogP contribution in [0, 0.1) is 0 Å². The maximum absolute atomic E-state index is 7.04. The number of fused-ring (bicyclic) bond motifs is 12. The Hall–Kier alpha value is -8.83. The molecule has 0 amide bonds. The van der Waals surface area contributed by atoms with Gasteiger partial charge in [-0.25, -0.2) is 0 Å². The summed E-state index contributed by atoms with van der Waals surface area (Å²) in [5, 5.41) is 2.10. The lowest BCUT2D eigenvalue weighted by atomic mass is 9.67. The second kappa shape index (κ2) is 16.7. The molecule has 2 heterocycles. The van der Waals surface area contributed by atoms with E-state index in [4.69, 9.17) is 4.42 Å². The minimum Gasteiger partial charge on any atom is -0.454 e. The molecule has 1 aliphatic heterocycles. The first kappa shape index (κ1) is 41.2. The average Bonchev–Trinajstić information content (AvgIpc) is 3.97. The summed E-state index contributed by atoms with van der Waals surface area (Å²) in [7, 11) is 0. The third-order valence-corrected chi connectivity index (χ3v) is 15.7. The van der Waals surface area contributed by atoms with Crippen molar-refractivity contribution in [1.29, 1.82) is 0 Å². The van der Waals surface area contributed by atoms with Gasteiger partial charge in [-0.2, -0.15) is 0 Å². The topological polar surface area (TPSA) is 19.6 Å². The Bertz CT molecular complexity index is 3830. The van der Waals surface area contributed by atoms with Gasteiger partial charge in [-0.1, -0.05) is 206 Å². The third-order valence-electron chi connectivity index (χ3n) is 14.5. The first-order valence-electron chi connectivity index (χ1n) is 24.2. The van der Waals surface area contributed by atoms with Gasteiger partial charge in [0.05, 0.1) is 16.8 Å². The van der Waals surface area contributed by atoms with Crippen molar-refractivity contribution in [1.82, 2.24) is 0 Å². The molecular formula is C67H44N2OS. The van der Waals surface area contributed by atoms with Crippen molar-refractivity contribution in [3.63, 3.8) is 0 Å². The number of hydrogen-bond acceptors (Lipinski definition) is 4. The van der Waals surface area contributed by atoms with Gasteiger partial charge in [0, 0.05) is 43.3 Å². The fourth-order valence-corrected chi connectivity index (χ4v) is 12.7. The molecule has 0 N–H and O–H groups in total. The Morgan fingerprint density at radius 1 is 0.324 bits per heavy atom. The lowest BCUT2D eigenvalue weighted by Gasteiger charge is -2.41. The molecule has 3 nitrogen and oxygen atoms in total. The molecule has 0 unspecified atom stereocenters. The lowest BCUT2D eigenvalue weighted by Crippen LogP contribution is -2.32. The highest BCUT2D eigenvalue weighted by molar-refractivity contribution is 7.99.